The molecule has 1 fully saturated rings. The van der Waals surface area contributed by atoms with Crippen molar-refractivity contribution in [3.63, 3.8) is 0 Å². The number of nitrogens with one attached hydrogen (secondary N) is 1. The molecule has 1 saturated heterocycles. The van der Waals surface area contributed by atoms with E-state index in [1.54, 1.807) is 11.1 Å². The predicted octanol–water partition coefficient (Wildman–Crippen LogP) is 1.14. The molecule has 0 spiro atoms. The molecule has 1 N–H and O–H groups in total. The zero-order valence-corrected chi connectivity index (χ0v) is 14.3. The van der Waals surface area contributed by atoms with Crippen LogP contribution in [0.15, 0.2) is 42.1 Å². The fraction of sp³-hybridized carbons (Fsp3) is 0.389. The van der Waals surface area contributed by atoms with E-state index < -0.39 is 0 Å². The number of hydrogen-bond donors (Lipinski definition) is 1. The van der Waals surface area contributed by atoms with Crippen molar-refractivity contribution in [1.29, 1.82) is 5.26 Å². The molecule has 1 heterocycles. The third-order valence-corrected chi connectivity index (χ3v) is 3.97. The molecule has 2 amide bonds. The van der Waals surface area contributed by atoms with Crippen molar-refractivity contribution in [2.45, 2.75) is 6.42 Å². The number of amides is 2. The van der Waals surface area contributed by atoms with Gasteiger partial charge in [0.05, 0.1) is 7.11 Å². The Balaban J connectivity index is 1.82. The molecule has 0 bridgehead atoms. The van der Waals surface area contributed by atoms with Crippen LogP contribution in [-0.4, -0.2) is 61.6 Å². The number of piperazine rings is 1. The predicted molar refractivity (Wildman–Crippen MR) is 92.4 cm³/mol. The monoisotopic (exact) mass is 342 g/mol. The first kappa shape index (κ1) is 18.3. The zero-order chi connectivity index (χ0) is 18.1. The number of carbonyl (C=O) groups excluding carboxylic acids is 2. The third kappa shape index (κ3) is 5.53. The highest BCUT2D eigenvalue weighted by molar-refractivity contribution is 5.97. The van der Waals surface area contributed by atoms with Crippen LogP contribution in [0.3, 0.4) is 0 Å². The van der Waals surface area contributed by atoms with Gasteiger partial charge in [-0.1, -0.05) is 30.3 Å². The molecule has 132 valence electrons. The molecule has 1 aliphatic rings. The molecule has 0 saturated carbocycles. The normalized spacial score (nSPS) is 14.6. The fourth-order valence-corrected chi connectivity index (χ4v) is 2.54. The maximum Gasteiger partial charge on any atom is 0.409 e. The minimum absolute atomic E-state index is 0.0691. The molecule has 0 aliphatic carbocycles. The summed E-state index contributed by atoms with van der Waals surface area (Å²) in [6, 6.07) is 11.8. The van der Waals surface area contributed by atoms with Gasteiger partial charge in [0, 0.05) is 38.9 Å². The number of hydrogen-bond acceptors (Lipinski definition) is 5. The average molecular weight is 342 g/mol. The minimum atomic E-state index is -0.381. The van der Waals surface area contributed by atoms with Gasteiger partial charge in [0.25, 0.3) is 5.91 Å². The maximum absolute atomic E-state index is 12.1. The summed E-state index contributed by atoms with van der Waals surface area (Å²) in [6.07, 6.45) is 1.91. The number of rotatable bonds is 5. The lowest BCUT2D eigenvalue weighted by Crippen LogP contribution is -2.47. The fourth-order valence-electron chi connectivity index (χ4n) is 2.54. The maximum atomic E-state index is 12.1. The Morgan fingerprint density at radius 1 is 1.24 bits per heavy atom. The molecule has 7 heteroatoms. The summed E-state index contributed by atoms with van der Waals surface area (Å²) >= 11 is 0. The van der Waals surface area contributed by atoms with Crippen molar-refractivity contribution in [2.24, 2.45) is 0 Å². The summed E-state index contributed by atoms with van der Waals surface area (Å²) < 4.78 is 4.68. The van der Waals surface area contributed by atoms with E-state index in [-0.39, 0.29) is 17.6 Å². The summed E-state index contributed by atoms with van der Waals surface area (Å²) in [6.45, 7) is 2.57. The Labute approximate surface area is 147 Å². The molecular weight excluding hydrogens is 320 g/mol. The largest absolute Gasteiger partial charge is 0.453 e. The molecule has 2 rings (SSSR count). The van der Waals surface area contributed by atoms with E-state index in [0.29, 0.717) is 39.1 Å². The Morgan fingerprint density at radius 3 is 2.52 bits per heavy atom. The van der Waals surface area contributed by atoms with Crippen molar-refractivity contribution in [1.82, 2.24) is 15.1 Å². The average Bonchev–Trinajstić information content (AvgIpc) is 2.66. The van der Waals surface area contributed by atoms with Gasteiger partial charge in [0.2, 0.25) is 0 Å². The van der Waals surface area contributed by atoms with Crippen LogP contribution in [0.4, 0.5) is 4.79 Å². The number of carbonyl (C=O) groups is 2. The number of nitrogens with zero attached hydrogens (tertiary/aromatic N) is 3. The molecular formula is C18H22N4O3. The van der Waals surface area contributed by atoms with Crippen LogP contribution in [0.25, 0.3) is 0 Å². The second-order valence-electron chi connectivity index (χ2n) is 5.64. The van der Waals surface area contributed by atoms with Crippen molar-refractivity contribution >= 4 is 12.0 Å². The molecule has 1 aromatic rings. The highest BCUT2D eigenvalue weighted by atomic mass is 16.5. The standard InChI is InChI=1S/C18H22N4O3/c1-25-18(24)22-11-9-21(10-12-22)14-16(13-19)17(23)20-8-7-15-5-3-2-4-6-15/h2-6,14H,7-12H2,1H3,(H,20,23)/b16-14-. The smallest absolute Gasteiger partial charge is 0.409 e. The summed E-state index contributed by atoms with van der Waals surface area (Å²) in [4.78, 5) is 27.1. The second-order valence-corrected chi connectivity index (χ2v) is 5.64. The Morgan fingerprint density at radius 2 is 1.92 bits per heavy atom. The van der Waals surface area contributed by atoms with Crippen molar-refractivity contribution in [3.05, 3.63) is 47.7 Å². The molecule has 0 unspecified atom stereocenters. The quantitative estimate of drug-likeness (QED) is 0.640. The van der Waals surface area contributed by atoms with Gasteiger partial charge in [-0.15, -0.1) is 0 Å². The molecule has 1 aliphatic heterocycles. The molecule has 0 atom stereocenters. The second kappa shape index (κ2) is 9.33. The van der Waals surface area contributed by atoms with E-state index in [0.717, 1.165) is 5.56 Å². The molecule has 0 aromatic heterocycles. The van der Waals surface area contributed by atoms with E-state index in [1.807, 2.05) is 41.3 Å². The van der Waals surface area contributed by atoms with E-state index >= 15 is 0 Å². The lowest BCUT2D eigenvalue weighted by Gasteiger charge is -2.33. The van der Waals surface area contributed by atoms with Crippen LogP contribution in [-0.2, 0) is 16.0 Å². The highest BCUT2D eigenvalue weighted by Gasteiger charge is 2.21. The van der Waals surface area contributed by atoms with Crippen LogP contribution >= 0.6 is 0 Å². The van der Waals surface area contributed by atoms with Crippen LogP contribution in [0.5, 0.6) is 0 Å². The van der Waals surface area contributed by atoms with Gasteiger partial charge in [-0.05, 0) is 12.0 Å². The third-order valence-electron chi connectivity index (χ3n) is 3.97. The summed E-state index contributed by atoms with van der Waals surface area (Å²) in [5.41, 5.74) is 1.20. The Bertz CT molecular complexity index is 659. The van der Waals surface area contributed by atoms with Crippen molar-refractivity contribution < 1.29 is 14.3 Å². The first-order valence-electron chi connectivity index (χ1n) is 8.15. The van der Waals surface area contributed by atoms with Gasteiger partial charge in [-0.2, -0.15) is 5.26 Å². The van der Waals surface area contributed by atoms with E-state index in [2.05, 4.69) is 10.1 Å². The van der Waals surface area contributed by atoms with E-state index in [1.165, 1.54) is 7.11 Å². The SMILES string of the molecule is COC(=O)N1CCN(/C=C(/C#N)C(=O)NCCc2ccccc2)CC1. The summed E-state index contributed by atoms with van der Waals surface area (Å²) in [5, 5.41) is 12.0. The van der Waals surface area contributed by atoms with Gasteiger partial charge in [0.1, 0.15) is 11.6 Å². The van der Waals surface area contributed by atoms with Gasteiger partial charge in [-0.3, -0.25) is 4.79 Å². The van der Waals surface area contributed by atoms with Gasteiger partial charge in [-0.25, -0.2) is 4.79 Å². The van der Waals surface area contributed by atoms with Gasteiger partial charge >= 0.3 is 6.09 Å². The lowest BCUT2D eigenvalue weighted by atomic mass is 10.1. The highest BCUT2D eigenvalue weighted by Crippen LogP contribution is 2.06. The van der Waals surface area contributed by atoms with Crippen LogP contribution < -0.4 is 5.32 Å². The lowest BCUT2D eigenvalue weighted by molar-refractivity contribution is -0.117. The van der Waals surface area contributed by atoms with Crippen molar-refractivity contribution in [2.75, 3.05) is 39.8 Å². The number of benzene rings is 1. The molecule has 0 radical (unpaired) electrons. The number of methoxy groups -OCH3 is 1. The minimum Gasteiger partial charge on any atom is -0.453 e. The summed E-state index contributed by atoms with van der Waals surface area (Å²) in [5.74, 6) is -0.381. The first-order valence-corrected chi connectivity index (χ1v) is 8.15. The van der Waals surface area contributed by atoms with Crippen molar-refractivity contribution in [3.8, 4) is 6.07 Å². The van der Waals surface area contributed by atoms with Crippen LogP contribution in [0.2, 0.25) is 0 Å². The zero-order valence-electron chi connectivity index (χ0n) is 14.3. The number of ether oxygens (including phenoxy) is 1. The van der Waals surface area contributed by atoms with E-state index in [4.69, 9.17) is 0 Å². The number of nitriles is 1. The van der Waals surface area contributed by atoms with E-state index in [9.17, 15) is 14.9 Å². The Kier molecular flexibility index (Phi) is 6.84. The molecule has 7 nitrogen and oxygen atoms in total. The summed E-state index contributed by atoms with van der Waals surface area (Å²) in [7, 11) is 1.35. The molecule has 25 heavy (non-hydrogen) atoms. The van der Waals surface area contributed by atoms with Gasteiger partial charge in [0.15, 0.2) is 0 Å². The Hall–Kier alpha value is -3.01. The topological polar surface area (TPSA) is 85.7 Å². The van der Waals surface area contributed by atoms with Crippen LogP contribution in [0.1, 0.15) is 5.56 Å². The molecule has 1 aromatic carbocycles. The van der Waals surface area contributed by atoms with Crippen LogP contribution in [0, 0.1) is 11.3 Å². The first-order chi connectivity index (χ1) is 12.1. The van der Waals surface area contributed by atoms with Gasteiger partial charge < -0.3 is 19.9 Å².